The summed E-state index contributed by atoms with van der Waals surface area (Å²) in [5.41, 5.74) is 2.40. The first kappa shape index (κ1) is 15.1. The van der Waals surface area contributed by atoms with Crippen molar-refractivity contribution in [3.05, 3.63) is 34.4 Å². The first-order valence-electron chi connectivity index (χ1n) is 6.33. The quantitative estimate of drug-likeness (QED) is 0.836. The smallest absolute Gasteiger partial charge is 0.137 e. The Morgan fingerprint density at radius 3 is 2.78 bits per heavy atom. The fourth-order valence-electron chi connectivity index (χ4n) is 1.68. The molecule has 0 aliphatic heterocycles. The predicted molar refractivity (Wildman–Crippen MR) is 79.4 cm³/mol. The van der Waals surface area contributed by atoms with Gasteiger partial charge in [0.15, 0.2) is 0 Å². The van der Waals surface area contributed by atoms with Gasteiger partial charge in [-0.05, 0) is 44.5 Å². The first-order valence-corrected chi connectivity index (χ1v) is 6.71. The summed E-state index contributed by atoms with van der Waals surface area (Å²) >= 11 is 6.11. The Morgan fingerprint density at radius 2 is 2.22 bits per heavy atom. The summed E-state index contributed by atoms with van der Waals surface area (Å²) in [5, 5.41) is 4.11. The molecule has 0 radical (unpaired) electrons. The molecule has 0 aliphatic rings. The van der Waals surface area contributed by atoms with E-state index in [1.807, 2.05) is 18.2 Å². The summed E-state index contributed by atoms with van der Waals surface area (Å²) in [7, 11) is 1.62. The summed E-state index contributed by atoms with van der Waals surface area (Å²) in [6.07, 6.45) is 3.30. The van der Waals surface area contributed by atoms with E-state index in [0.717, 1.165) is 18.5 Å². The van der Waals surface area contributed by atoms with E-state index in [4.69, 9.17) is 16.3 Å². The monoisotopic (exact) mass is 267 g/mol. The minimum Gasteiger partial charge on any atom is -0.495 e. The summed E-state index contributed by atoms with van der Waals surface area (Å²) in [6, 6.07) is 6.22. The molecule has 2 nitrogen and oxygen atoms in total. The van der Waals surface area contributed by atoms with Gasteiger partial charge in [-0.15, -0.1) is 0 Å². The van der Waals surface area contributed by atoms with Crippen LogP contribution in [-0.2, 0) is 0 Å². The molecule has 100 valence electrons. The van der Waals surface area contributed by atoms with Gasteiger partial charge in [0, 0.05) is 6.04 Å². The van der Waals surface area contributed by atoms with Crippen molar-refractivity contribution >= 4 is 17.7 Å². The zero-order chi connectivity index (χ0) is 13.5. The molecule has 0 saturated heterocycles. The van der Waals surface area contributed by atoms with E-state index < -0.39 is 0 Å². The zero-order valence-electron chi connectivity index (χ0n) is 11.6. The standard InChI is InChI=1S/C15H22ClNO/c1-5-8-17-12(3)11(2)9-13-6-7-15(18-4)14(16)10-13/h6-7,9-10,12,17H,5,8H2,1-4H3/b11-9+. The molecule has 3 heteroatoms. The van der Waals surface area contributed by atoms with Gasteiger partial charge in [0.05, 0.1) is 12.1 Å². The molecule has 0 amide bonds. The Hall–Kier alpha value is -0.990. The number of benzene rings is 1. The largest absolute Gasteiger partial charge is 0.495 e. The second-order valence-electron chi connectivity index (χ2n) is 4.46. The molecule has 1 unspecified atom stereocenters. The van der Waals surface area contributed by atoms with Crippen LogP contribution in [0.3, 0.4) is 0 Å². The van der Waals surface area contributed by atoms with Crippen molar-refractivity contribution in [1.29, 1.82) is 0 Å². The van der Waals surface area contributed by atoms with Gasteiger partial charge in [0.25, 0.3) is 0 Å². The lowest BCUT2D eigenvalue weighted by atomic mass is 10.1. The summed E-state index contributed by atoms with van der Waals surface area (Å²) in [4.78, 5) is 0. The lowest BCUT2D eigenvalue weighted by Gasteiger charge is -2.14. The van der Waals surface area contributed by atoms with Gasteiger partial charge in [-0.2, -0.15) is 0 Å². The molecule has 0 saturated carbocycles. The highest BCUT2D eigenvalue weighted by atomic mass is 35.5. The van der Waals surface area contributed by atoms with Crippen LogP contribution in [0.25, 0.3) is 6.08 Å². The fraction of sp³-hybridized carbons (Fsp3) is 0.467. The molecule has 1 aromatic carbocycles. The Kier molecular flexibility index (Phi) is 6.23. The topological polar surface area (TPSA) is 21.3 Å². The lowest BCUT2D eigenvalue weighted by Crippen LogP contribution is -2.27. The third kappa shape index (κ3) is 4.35. The molecule has 1 N–H and O–H groups in total. The van der Waals surface area contributed by atoms with Gasteiger partial charge in [0.1, 0.15) is 5.75 Å². The number of ether oxygens (including phenoxy) is 1. The minimum absolute atomic E-state index is 0.380. The highest BCUT2D eigenvalue weighted by Crippen LogP contribution is 2.26. The maximum absolute atomic E-state index is 6.11. The van der Waals surface area contributed by atoms with Gasteiger partial charge in [-0.3, -0.25) is 0 Å². The molecule has 0 fully saturated rings. The van der Waals surface area contributed by atoms with Gasteiger partial charge < -0.3 is 10.1 Å². The molecule has 1 atom stereocenters. The molecular formula is C15H22ClNO. The highest BCUT2D eigenvalue weighted by molar-refractivity contribution is 6.32. The van der Waals surface area contributed by atoms with Crippen molar-refractivity contribution in [2.75, 3.05) is 13.7 Å². The first-order chi connectivity index (χ1) is 8.58. The van der Waals surface area contributed by atoms with Crippen molar-refractivity contribution in [2.45, 2.75) is 33.2 Å². The van der Waals surface area contributed by atoms with Crippen molar-refractivity contribution < 1.29 is 4.74 Å². The zero-order valence-corrected chi connectivity index (χ0v) is 12.3. The number of methoxy groups -OCH3 is 1. The van der Waals surface area contributed by atoms with Gasteiger partial charge in [-0.25, -0.2) is 0 Å². The van der Waals surface area contributed by atoms with Crippen molar-refractivity contribution in [3.8, 4) is 5.75 Å². The van der Waals surface area contributed by atoms with Gasteiger partial charge >= 0.3 is 0 Å². The second kappa shape index (κ2) is 7.45. The number of rotatable bonds is 6. The Labute approximate surface area is 115 Å². The second-order valence-corrected chi connectivity index (χ2v) is 4.87. The molecular weight excluding hydrogens is 246 g/mol. The summed E-state index contributed by atoms with van der Waals surface area (Å²) in [6.45, 7) is 7.51. The third-order valence-electron chi connectivity index (χ3n) is 2.95. The van der Waals surface area contributed by atoms with Crippen LogP contribution in [-0.4, -0.2) is 19.7 Å². The van der Waals surface area contributed by atoms with Gasteiger partial charge in [0.2, 0.25) is 0 Å². The minimum atomic E-state index is 0.380. The highest BCUT2D eigenvalue weighted by Gasteiger charge is 2.04. The normalized spacial score (nSPS) is 13.5. The summed E-state index contributed by atoms with van der Waals surface area (Å²) < 4.78 is 5.14. The predicted octanol–water partition coefficient (Wildman–Crippen LogP) is 4.14. The molecule has 0 aliphatic carbocycles. The average Bonchev–Trinajstić information content (AvgIpc) is 2.36. The van der Waals surface area contributed by atoms with E-state index in [-0.39, 0.29) is 0 Å². The van der Waals surface area contributed by atoms with Crippen LogP contribution in [0.5, 0.6) is 5.75 Å². The van der Waals surface area contributed by atoms with Crippen molar-refractivity contribution in [1.82, 2.24) is 5.32 Å². The molecule has 1 aromatic rings. The SMILES string of the molecule is CCCNC(C)/C(C)=C/c1ccc(OC)c(Cl)c1. The maximum atomic E-state index is 6.11. The number of halogens is 1. The van der Waals surface area contributed by atoms with Crippen LogP contribution in [0.1, 0.15) is 32.8 Å². The molecule has 18 heavy (non-hydrogen) atoms. The molecule has 1 rings (SSSR count). The van der Waals surface area contributed by atoms with Crippen LogP contribution < -0.4 is 10.1 Å². The van der Waals surface area contributed by atoms with E-state index in [0.29, 0.717) is 16.8 Å². The van der Waals surface area contributed by atoms with E-state index >= 15 is 0 Å². The Bertz CT molecular complexity index is 415. The van der Waals surface area contributed by atoms with E-state index in [1.165, 1.54) is 5.57 Å². The maximum Gasteiger partial charge on any atom is 0.137 e. The molecule has 0 bridgehead atoms. The van der Waals surface area contributed by atoms with Crippen molar-refractivity contribution in [2.24, 2.45) is 0 Å². The number of hydrogen-bond donors (Lipinski definition) is 1. The number of nitrogens with one attached hydrogen (secondary N) is 1. The van der Waals surface area contributed by atoms with Crippen molar-refractivity contribution in [3.63, 3.8) is 0 Å². The van der Waals surface area contributed by atoms with Crippen LogP contribution in [0.2, 0.25) is 5.02 Å². The average molecular weight is 268 g/mol. The molecule has 0 aromatic heterocycles. The van der Waals surface area contributed by atoms with Crippen LogP contribution >= 0.6 is 11.6 Å². The Morgan fingerprint density at radius 1 is 1.50 bits per heavy atom. The third-order valence-corrected chi connectivity index (χ3v) is 3.25. The summed E-state index contributed by atoms with van der Waals surface area (Å²) in [5.74, 6) is 0.712. The fourth-order valence-corrected chi connectivity index (χ4v) is 1.95. The van der Waals surface area contributed by atoms with Crippen LogP contribution in [0.15, 0.2) is 23.8 Å². The molecule has 0 heterocycles. The Balaban J connectivity index is 2.78. The lowest BCUT2D eigenvalue weighted by molar-refractivity contribution is 0.415. The van der Waals surface area contributed by atoms with Crippen LogP contribution in [0, 0.1) is 0 Å². The number of hydrogen-bond acceptors (Lipinski definition) is 2. The molecule has 0 spiro atoms. The van der Waals surface area contributed by atoms with E-state index in [9.17, 15) is 0 Å². The van der Waals surface area contributed by atoms with Gasteiger partial charge in [-0.1, -0.05) is 36.2 Å². The van der Waals surface area contributed by atoms with E-state index in [1.54, 1.807) is 7.11 Å². The van der Waals surface area contributed by atoms with Crippen LogP contribution in [0.4, 0.5) is 0 Å². The van der Waals surface area contributed by atoms with E-state index in [2.05, 4.69) is 32.2 Å².